The van der Waals surface area contributed by atoms with Crippen molar-refractivity contribution in [2.75, 3.05) is 7.11 Å². The van der Waals surface area contributed by atoms with Gasteiger partial charge in [0.1, 0.15) is 17.1 Å². The number of benzene rings is 1. The highest BCUT2D eigenvalue weighted by Gasteiger charge is 2.22. The van der Waals surface area contributed by atoms with Crippen LogP contribution in [0.1, 0.15) is 25.8 Å². The summed E-state index contributed by atoms with van der Waals surface area (Å²) in [6.07, 6.45) is 0.258. The quantitative estimate of drug-likeness (QED) is 0.376. The molecule has 0 amide bonds. The first kappa shape index (κ1) is 15.9. The Morgan fingerprint density at radius 1 is 1.35 bits per heavy atom. The first-order valence-corrected chi connectivity index (χ1v) is 6.22. The largest absolute Gasteiger partial charge is 0.511 e. The van der Waals surface area contributed by atoms with Crippen LogP contribution in [0.4, 0.5) is 4.39 Å². The molecule has 0 saturated heterocycles. The Morgan fingerprint density at radius 3 is 2.35 bits per heavy atom. The molecule has 108 valence electrons. The highest BCUT2D eigenvalue weighted by atomic mass is 19.1. The Balaban J connectivity index is 3.21. The smallest absolute Gasteiger partial charge is 0.343 e. The number of halogens is 1. The van der Waals surface area contributed by atoms with Crippen LogP contribution in [0.25, 0.3) is 0 Å². The van der Waals surface area contributed by atoms with Crippen molar-refractivity contribution in [1.82, 2.24) is 0 Å². The number of rotatable bonds is 5. The minimum Gasteiger partial charge on any atom is -0.511 e. The maximum absolute atomic E-state index is 12.9. The molecule has 1 aromatic carbocycles. The molecule has 0 radical (unpaired) electrons. The predicted molar refractivity (Wildman–Crippen MR) is 74.4 cm³/mol. The van der Waals surface area contributed by atoms with Crippen molar-refractivity contribution in [1.29, 1.82) is 5.41 Å². The van der Waals surface area contributed by atoms with Gasteiger partial charge in [-0.25, -0.2) is 9.18 Å². The number of aliphatic hydroxyl groups excluding tert-OH is 1. The van der Waals surface area contributed by atoms with E-state index in [0.717, 1.165) is 0 Å². The zero-order valence-electron chi connectivity index (χ0n) is 11.7. The average molecular weight is 279 g/mol. The second kappa shape index (κ2) is 6.84. The molecule has 2 N–H and O–H groups in total. The van der Waals surface area contributed by atoms with Crippen LogP contribution in [0.15, 0.2) is 35.6 Å². The highest BCUT2D eigenvalue weighted by Crippen LogP contribution is 2.18. The van der Waals surface area contributed by atoms with Crippen LogP contribution in [0.3, 0.4) is 0 Å². The molecule has 0 spiro atoms. The molecule has 20 heavy (non-hydrogen) atoms. The van der Waals surface area contributed by atoms with Crippen molar-refractivity contribution in [3.8, 4) is 0 Å². The van der Waals surface area contributed by atoms with Crippen LogP contribution in [0.5, 0.6) is 0 Å². The van der Waals surface area contributed by atoms with Crippen LogP contribution in [0.2, 0.25) is 0 Å². The van der Waals surface area contributed by atoms with E-state index in [2.05, 4.69) is 4.74 Å². The molecule has 0 heterocycles. The standard InChI is InChI=1S/C15H18FNO3/c1-9(2)8-12(18)13(15(19)20-3)14(17)10-4-6-11(16)7-5-10/h4-7,9,17-18H,8H2,1-3H3/b13-12+,17-14?. The summed E-state index contributed by atoms with van der Waals surface area (Å²) in [6, 6.07) is 5.14. The molecule has 5 heteroatoms. The van der Waals surface area contributed by atoms with Crippen molar-refractivity contribution in [2.24, 2.45) is 5.92 Å². The second-order valence-corrected chi connectivity index (χ2v) is 4.79. The van der Waals surface area contributed by atoms with Gasteiger partial charge in [-0.2, -0.15) is 0 Å². The summed E-state index contributed by atoms with van der Waals surface area (Å²) in [7, 11) is 1.18. The molecule has 1 aromatic rings. The molecule has 0 unspecified atom stereocenters. The average Bonchev–Trinajstić information content (AvgIpc) is 2.38. The molecule has 0 atom stereocenters. The van der Waals surface area contributed by atoms with Crippen LogP contribution >= 0.6 is 0 Å². The number of carbonyl (C=O) groups is 1. The van der Waals surface area contributed by atoms with Crippen molar-refractivity contribution in [3.63, 3.8) is 0 Å². The summed E-state index contributed by atoms with van der Waals surface area (Å²) in [5.74, 6) is -1.29. The predicted octanol–water partition coefficient (Wildman–Crippen LogP) is 3.22. The summed E-state index contributed by atoms with van der Waals surface area (Å²) >= 11 is 0. The minimum atomic E-state index is -0.780. The minimum absolute atomic E-state index is 0.121. The first-order valence-electron chi connectivity index (χ1n) is 6.22. The summed E-state index contributed by atoms with van der Waals surface area (Å²) in [6.45, 7) is 3.76. The van der Waals surface area contributed by atoms with Crippen LogP contribution in [-0.4, -0.2) is 23.9 Å². The number of allylic oxidation sites excluding steroid dienone is 1. The first-order chi connectivity index (χ1) is 9.36. The van der Waals surface area contributed by atoms with Gasteiger partial charge in [0.15, 0.2) is 0 Å². The Labute approximate surface area is 117 Å². The maximum atomic E-state index is 12.9. The third-order valence-corrected chi connectivity index (χ3v) is 2.66. The summed E-state index contributed by atoms with van der Waals surface area (Å²) in [4.78, 5) is 11.8. The lowest BCUT2D eigenvalue weighted by atomic mass is 9.98. The molecule has 0 aromatic heterocycles. The fourth-order valence-corrected chi connectivity index (χ4v) is 1.72. The summed E-state index contributed by atoms with van der Waals surface area (Å²) in [5.41, 5.74) is -0.0371. The molecule has 1 rings (SSSR count). The lowest BCUT2D eigenvalue weighted by Crippen LogP contribution is -2.18. The molecular formula is C15H18FNO3. The van der Waals surface area contributed by atoms with Crippen LogP contribution < -0.4 is 0 Å². The van der Waals surface area contributed by atoms with E-state index in [1.54, 1.807) is 0 Å². The van der Waals surface area contributed by atoms with Gasteiger partial charge >= 0.3 is 5.97 Å². The zero-order chi connectivity index (χ0) is 15.3. The van der Waals surface area contributed by atoms with Crippen molar-refractivity contribution >= 4 is 11.7 Å². The normalized spacial score (nSPS) is 12.1. The van der Waals surface area contributed by atoms with Gasteiger partial charge in [-0.05, 0) is 30.2 Å². The van der Waals surface area contributed by atoms with Gasteiger partial charge in [-0.1, -0.05) is 13.8 Å². The number of aliphatic hydroxyl groups is 1. The lowest BCUT2D eigenvalue weighted by molar-refractivity contribution is -0.135. The molecule has 4 nitrogen and oxygen atoms in total. The molecule has 0 saturated carbocycles. The van der Waals surface area contributed by atoms with Crippen LogP contribution in [0, 0.1) is 17.1 Å². The van der Waals surface area contributed by atoms with E-state index in [-0.39, 0.29) is 29.4 Å². The van der Waals surface area contributed by atoms with E-state index < -0.39 is 11.8 Å². The zero-order valence-corrected chi connectivity index (χ0v) is 11.7. The Morgan fingerprint density at radius 2 is 1.90 bits per heavy atom. The number of methoxy groups -OCH3 is 1. The number of carbonyl (C=O) groups excluding carboxylic acids is 1. The van der Waals surface area contributed by atoms with Gasteiger partial charge in [-0.3, -0.25) is 5.41 Å². The molecule has 0 aliphatic carbocycles. The Hall–Kier alpha value is -2.17. The van der Waals surface area contributed by atoms with Gasteiger partial charge in [-0.15, -0.1) is 0 Å². The molecule has 0 bridgehead atoms. The molecule has 0 aliphatic rings. The Kier molecular flexibility index (Phi) is 5.43. The second-order valence-electron chi connectivity index (χ2n) is 4.79. The van der Waals surface area contributed by atoms with E-state index >= 15 is 0 Å². The van der Waals surface area contributed by atoms with Crippen molar-refractivity contribution < 1.29 is 19.0 Å². The van der Waals surface area contributed by atoms with Gasteiger partial charge in [0.2, 0.25) is 0 Å². The Bertz CT molecular complexity index is 533. The van der Waals surface area contributed by atoms with Gasteiger partial charge in [0.05, 0.1) is 12.8 Å². The van der Waals surface area contributed by atoms with E-state index in [9.17, 15) is 14.3 Å². The van der Waals surface area contributed by atoms with Crippen molar-refractivity contribution in [3.05, 3.63) is 47.0 Å². The fraction of sp³-hybridized carbons (Fsp3) is 0.333. The van der Waals surface area contributed by atoms with E-state index in [1.807, 2.05) is 13.8 Å². The molecular weight excluding hydrogens is 261 g/mol. The number of ether oxygens (including phenoxy) is 1. The maximum Gasteiger partial charge on any atom is 0.343 e. The summed E-state index contributed by atoms with van der Waals surface area (Å²) < 4.78 is 17.5. The molecule has 0 fully saturated rings. The van der Waals surface area contributed by atoms with E-state index in [4.69, 9.17) is 5.41 Å². The number of esters is 1. The highest BCUT2D eigenvalue weighted by molar-refractivity contribution is 6.25. The SMILES string of the molecule is COC(=O)/C(C(=N)c1ccc(F)cc1)=C(/O)CC(C)C. The fourth-order valence-electron chi connectivity index (χ4n) is 1.72. The van der Waals surface area contributed by atoms with Crippen LogP contribution in [-0.2, 0) is 9.53 Å². The third-order valence-electron chi connectivity index (χ3n) is 2.66. The van der Waals surface area contributed by atoms with E-state index in [1.165, 1.54) is 31.4 Å². The topological polar surface area (TPSA) is 70.4 Å². The number of hydrogen-bond acceptors (Lipinski definition) is 4. The third kappa shape index (κ3) is 3.91. The summed E-state index contributed by atoms with van der Waals surface area (Å²) in [5, 5.41) is 18.1. The van der Waals surface area contributed by atoms with Gasteiger partial charge < -0.3 is 9.84 Å². The number of hydrogen-bond donors (Lipinski definition) is 2. The van der Waals surface area contributed by atoms with Gasteiger partial charge in [0, 0.05) is 12.0 Å². The number of nitrogens with one attached hydrogen (secondary N) is 1. The van der Waals surface area contributed by atoms with Crippen molar-refractivity contribution in [2.45, 2.75) is 20.3 Å². The molecule has 0 aliphatic heterocycles. The van der Waals surface area contributed by atoms with Gasteiger partial charge in [0.25, 0.3) is 0 Å². The van der Waals surface area contributed by atoms with E-state index in [0.29, 0.717) is 5.56 Å². The monoisotopic (exact) mass is 279 g/mol. The lowest BCUT2D eigenvalue weighted by Gasteiger charge is -2.12.